The smallest absolute Gasteiger partial charge is 0.293 e. The zero-order valence-corrected chi connectivity index (χ0v) is 21.4. The second kappa shape index (κ2) is 12.5. The zero-order chi connectivity index (χ0) is 26.9. The molecule has 0 spiro atoms. The van der Waals surface area contributed by atoms with E-state index in [2.05, 4.69) is 36.1 Å². The van der Waals surface area contributed by atoms with E-state index in [9.17, 15) is 4.79 Å². The number of ether oxygens (including phenoxy) is 2. The van der Waals surface area contributed by atoms with E-state index in [0.717, 1.165) is 18.7 Å². The predicted octanol–water partition coefficient (Wildman–Crippen LogP) is 2.43. The minimum absolute atomic E-state index is 0.0332. The highest BCUT2D eigenvalue weighted by Gasteiger charge is 2.25. The highest BCUT2D eigenvalue weighted by atomic mass is 16.6. The van der Waals surface area contributed by atoms with Crippen molar-refractivity contribution in [3.63, 3.8) is 0 Å². The average Bonchev–Trinajstić information content (AvgIpc) is 3.56. The first kappa shape index (κ1) is 26.3. The molecule has 0 aliphatic rings. The van der Waals surface area contributed by atoms with Crippen LogP contribution in [0.4, 0.5) is 5.82 Å². The van der Waals surface area contributed by atoms with Gasteiger partial charge in [0.15, 0.2) is 17.2 Å². The summed E-state index contributed by atoms with van der Waals surface area (Å²) in [4.78, 5) is 15.1. The van der Waals surface area contributed by atoms with Crippen LogP contribution in [-0.4, -0.2) is 62.5 Å². The fourth-order valence-electron chi connectivity index (χ4n) is 3.62. The largest absolute Gasteiger partial charge is 0.493 e. The summed E-state index contributed by atoms with van der Waals surface area (Å²) in [6, 6.07) is 15.2. The molecule has 13 heteroatoms. The number of nitrogens with one attached hydrogen (secondary N) is 1. The van der Waals surface area contributed by atoms with E-state index in [1.54, 1.807) is 25.3 Å². The van der Waals surface area contributed by atoms with Gasteiger partial charge in [-0.05, 0) is 52.7 Å². The number of anilines is 1. The molecule has 198 valence electrons. The van der Waals surface area contributed by atoms with Crippen molar-refractivity contribution in [3.8, 4) is 17.3 Å². The Morgan fingerprint density at radius 2 is 1.95 bits per heavy atom. The predicted molar refractivity (Wildman–Crippen MR) is 139 cm³/mol. The summed E-state index contributed by atoms with van der Waals surface area (Å²) < 4.78 is 17.4. The van der Waals surface area contributed by atoms with Crippen molar-refractivity contribution < 1.29 is 18.9 Å². The Hall–Kier alpha value is -4.78. The maximum Gasteiger partial charge on any atom is 0.293 e. The molecule has 0 aliphatic carbocycles. The molecule has 13 nitrogen and oxygen atoms in total. The quantitative estimate of drug-likeness (QED) is 0.210. The minimum atomic E-state index is -0.542. The number of aromatic nitrogens is 5. The molecule has 3 N–H and O–H groups in total. The summed E-state index contributed by atoms with van der Waals surface area (Å²) in [5.41, 5.74) is 10.6. The number of rotatable bonds is 12. The number of amides is 1. The molecule has 0 aliphatic heterocycles. The third kappa shape index (κ3) is 6.13. The van der Waals surface area contributed by atoms with Crippen LogP contribution >= 0.6 is 0 Å². The summed E-state index contributed by atoms with van der Waals surface area (Å²) in [7, 11) is 1.56. The molecule has 0 fully saturated rings. The summed E-state index contributed by atoms with van der Waals surface area (Å²) >= 11 is 0. The number of carbonyl (C=O) groups excluding carboxylic acids is 1. The van der Waals surface area contributed by atoms with Gasteiger partial charge in [-0.2, -0.15) is 9.78 Å². The molecule has 0 atom stereocenters. The molecule has 0 unspecified atom stereocenters. The van der Waals surface area contributed by atoms with Gasteiger partial charge in [0.2, 0.25) is 11.6 Å². The van der Waals surface area contributed by atoms with E-state index in [0.29, 0.717) is 35.9 Å². The lowest BCUT2D eigenvalue weighted by Crippen LogP contribution is -2.27. The lowest BCUT2D eigenvalue weighted by atomic mass is 10.2. The molecule has 2 heterocycles. The van der Waals surface area contributed by atoms with Crippen molar-refractivity contribution >= 4 is 17.9 Å². The van der Waals surface area contributed by atoms with Crippen LogP contribution in [0.3, 0.4) is 0 Å². The monoisotopic (exact) mass is 519 g/mol. The number of nitrogens with two attached hydrogens (primary N) is 1. The van der Waals surface area contributed by atoms with E-state index >= 15 is 0 Å². The Morgan fingerprint density at radius 1 is 1.16 bits per heavy atom. The summed E-state index contributed by atoms with van der Waals surface area (Å²) in [6.45, 7) is 6.31. The third-order valence-corrected chi connectivity index (χ3v) is 5.75. The minimum Gasteiger partial charge on any atom is -0.493 e. The Morgan fingerprint density at radius 3 is 2.63 bits per heavy atom. The molecule has 2 aromatic carbocycles. The number of nitrogens with zero attached hydrogens (tertiary/aromatic N) is 7. The van der Waals surface area contributed by atoms with Gasteiger partial charge in [0.05, 0.1) is 19.0 Å². The third-order valence-electron chi connectivity index (χ3n) is 5.75. The van der Waals surface area contributed by atoms with Crippen molar-refractivity contribution in [2.24, 2.45) is 5.10 Å². The molecule has 4 rings (SSSR count). The Bertz CT molecular complexity index is 1380. The first-order chi connectivity index (χ1) is 18.5. The van der Waals surface area contributed by atoms with Crippen molar-refractivity contribution in [1.82, 2.24) is 35.6 Å². The maximum absolute atomic E-state index is 13.0. The average molecular weight is 520 g/mol. The molecule has 0 radical (unpaired) electrons. The number of hydrazone groups is 1. The van der Waals surface area contributed by atoms with Gasteiger partial charge in [-0.1, -0.05) is 49.4 Å². The van der Waals surface area contributed by atoms with Crippen LogP contribution in [0.5, 0.6) is 11.5 Å². The molecule has 2 aromatic heterocycles. The SMILES string of the molecule is CCN(CC)Cc1c(C(=O)N/N=C/c2ccc(OCc3ccccc3)c(OC)c2)nnn1-c1nonc1N. The number of hydrogen-bond donors (Lipinski definition) is 2. The zero-order valence-electron chi connectivity index (χ0n) is 21.4. The van der Waals surface area contributed by atoms with Gasteiger partial charge >= 0.3 is 0 Å². The van der Waals surface area contributed by atoms with Crippen molar-refractivity contribution in [2.75, 3.05) is 25.9 Å². The Kier molecular flexibility index (Phi) is 8.61. The van der Waals surface area contributed by atoms with Gasteiger partial charge in [-0.15, -0.1) is 5.10 Å². The number of nitrogen functional groups attached to an aromatic ring is 1. The van der Waals surface area contributed by atoms with Gasteiger partial charge < -0.3 is 15.2 Å². The number of methoxy groups -OCH3 is 1. The summed E-state index contributed by atoms with van der Waals surface area (Å²) in [5.74, 6) is 0.783. The second-order valence-corrected chi connectivity index (χ2v) is 8.11. The lowest BCUT2D eigenvalue weighted by molar-refractivity contribution is 0.0948. The van der Waals surface area contributed by atoms with Crippen LogP contribution < -0.4 is 20.6 Å². The normalized spacial score (nSPS) is 11.3. The standard InChI is InChI=1S/C25H29N9O4/c1-4-33(5-2)15-19-22(28-32-34(19)24-23(26)30-38-31-24)25(35)29-27-14-18-11-12-20(21(13-18)36-3)37-16-17-9-7-6-8-10-17/h6-14H,4-5,15-16H2,1-3H3,(H2,26,30)(H,29,35)/b27-14+. The molecular formula is C25H29N9O4. The van der Waals surface area contributed by atoms with Gasteiger partial charge in [-0.3, -0.25) is 9.69 Å². The topological polar surface area (TPSA) is 159 Å². The maximum atomic E-state index is 13.0. The molecule has 0 bridgehead atoms. The van der Waals surface area contributed by atoms with Gasteiger partial charge in [0.25, 0.3) is 5.91 Å². The van der Waals surface area contributed by atoms with Crippen LogP contribution in [0.1, 0.15) is 41.2 Å². The van der Waals surface area contributed by atoms with Crippen molar-refractivity contribution in [3.05, 3.63) is 71.0 Å². The molecule has 4 aromatic rings. The highest BCUT2D eigenvalue weighted by Crippen LogP contribution is 2.28. The lowest BCUT2D eigenvalue weighted by Gasteiger charge is -2.18. The van der Waals surface area contributed by atoms with Gasteiger partial charge in [0, 0.05) is 6.54 Å². The van der Waals surface area contributed by atoms with Gasteiger partial charge in [0.1, 0.15) is 6.61 Å². The molecule has 38 heavy (non-hydrogen) atoms. The molecule has 0 saturated carbocycles. The van der Waals surface area contributed by atoms with Crippen molar-refractivity contribution in [2.45, 2.75) is 27.0 Å². The Balaban J connectivity index is 1.47. The summed E-state index contributed by atoms with van der Waals surface area (Å²) in [6.07, 6.45) is 1.50. The van der Waals surface area contributed by atoms with Crippen LogP contribution in [0, 0.1) is 0 Å². The van der Waals surface area contributed by atoms with Crippen LogP contribution in [0.25, 0.3) is 5.82 Å². The molecule has 1 amide bonds. The van der Waals surface area contributed by atoms with Crippen molar-refractivity contribution in [1.29, 1.82) is 0 Å². The first-order valence-electron chi connectivity index (χ1n) is 12.0. The molecular weight excluding hydrogens is 490 g/mol. The number of hydrogen-bond acceptors (Lipinski definition) is 11. The van der Waals surface area contributed by atoms with Crippen LogP contribution in [0.2, 0.25) is 0 Å². The van der Waals surface area contributed by atoms with E-state index in [1.807, 2.05) is 44.2 Å². The second-order valence-electron chi connectivity index (χ2n) is 8.11. The number of carbonyl (C=O) groups is 1. The number of benzene rings is 2. The highest BCUT2D eigenvalue weighted by molar-refractivity contribution is 5.94. The molecule has 0 saturated heterocycles. The van der Waals surface area contributed by atoms with E-state index < -0.39 is 5.91 Å². The van der Waals surface area contributed by atoms with Crippen LogP contribution in [0.15, 0.2) is 58.3 Å². The fourth-order valence-corrected chi connectivity index (χ4v) is 3.62. The first-order valence-corrected chi connectivity index (χ1v) is 12.0. The van der Waals surface area contributed by atoms with Crippen LogP contribution in [-0.2, 0) is 13.2 Å². The fraction of sp³-hybridized carbons (Fsp3) is 0.280. The Labute approximate surface area is 219 Å². The van der Waals surface area contributed by atoms with E-state index in [-0.39, 0.29) is 17.3 Å². The van der Waals surface area contributed by atoms with E-state index in [1.165, 1.54) is 10.9 Å². The van der Waals surface area contributed by atoms with E-state index in [4.69, 9.17) is 19.8 Å². The van der Waals surface area contributed by atoms with Gasteiger partial charge in [-0.25, -0.2) is 10.1 Å². The summed E-state index contributed by atoms with van der Waals surface area (Å²) in [5, 5.41) is 19.5.